The molecule has 0 radical (unpaired) electrons. The number of thiophene rings is 1. The van der Waals surface area contributed by atoms with Crippen LogP contribution in [0.15, 0.2) is 6.33 Å². The molecule has 0 aromatic carbocycles. The maximum atomic E-state index is 12.9. The van der Waals surface area contributed by atoms with Gasteiger partial charge < -0.3 is 15.1 Å². The van der Waals surface area contributed by atoms with Crippen molar-refractivity contribution in [3.05, 3.63) is 16.8 Å². The highest BCUT2D eigenvalue weighted by Gasteiger charge is 2.32. The maximum absolute atomic E-state index is 12.9. The number of amides is 1. The lowest BCUT2D eigenvalue weighted by Crippen LogP contribution is -2.54. The van der Waals surface area contributed by atoms with Crippen molar-refractivity contribution in [3.63, 3.8) is 0 Å². The van der Waals surface area contributed by atoms with E-state index in [0.29, 0.717) is 11.9 Å². The van der Waals surface area contributed by atoms with Crippen LogP contribution in [0.2, 0.25) is 0 Å². The number of nitrogens with one attached hydrogen (secondary N) is 1. The fourth-order valence-electron chi connectivity index (χ4n) is 4.14. The molecule has 2 aliphatic heterocycles. The number of piperazine rings is 1. The van der Waals surface area contributed by atoms with Gasteiger partial charge in [0.2, 0.25) is 5.91 Å². The Morgan fingerprint density at radius 1 is 1.23 bits per heavy atom. The van der Waals surface area contributed by atoms with Gasteiger partial charge in [-0.15, -0.1) is 11.3 Å². The van der Waals surface area contributed by atoms with Crippen LogP contribution in [0, 0.1) is 19.8 Å². The highest BCUT2D eigenvalue weighted by atomic mass is 32.1. The van der Waals surface area contributed by atoms with E-state index in [1.54, 1.807) is 17.7 Å². The molecule has 2 saturated heterocycles. The summed E-state index contributed by atoms with van der Waals surface area (Å²) in [4.78, 5) is 28.8. The van der Waals surface area contributed by atoms with E-state index in [9.17, 15) is 4.79 Å². The number of piperidine rings is 1. The Labute approximate surface area is 158 Å². The number of nitrogens with zero attached hydrogens (tertiary/aromatic N) is 4. The van der Waals surface area contributed by atoms with Gasteiger partial charge in [-0.1, -0.05) is 0 Å². The van der Waals surface area contributed by atoms with Crippen molar-refractivity contribution in [3.8, 4) is 0 Å². The lowest BCUT2D eigenvalue weighted by Gasteiger charge is -2.39. The van der Waals surface area contributed by atoms with Gasteiger partial charge in [0, 0.05) is 49.6 Å². The van der Waals surface area contributed by atoms with E-state index in [1.807, 2.05) is 0 Å². The van der Waals surface area contributed by atoms with E-state index in [-0.39, 0.29) is 5.92 Å². The Bertz CT molecular complexity index is 812. The molecule has 2 fully saturated rings. The number of aromatic nitrogens is 2. The van der Waals surface area contributed by atoms with Crippen LogP contribution in [0.3, 0.4) is 0 Å². The van der Waals surface area contributed by atoms with Gasteiger partial charge in [-0.2, -0.15) is 0 Å². The first kappa shape index (κ1) is 17.7. The number of carbonyl (C=O) groups is 1. The summed E-state index contributed by atoms with van der Waals surface area (Å²) in [6.07, 6.45) is 3.49. The van der Waals surface area contributed by atoms with Crippen LogP contribution in [0.25, 0.3) is 10.2 Å². The molecule has 0 saturated carbocycles. The van der Waals surface area contributed by atoms with E-state index in [4.69, 9.17) is 0 Å². The predicted octanol–water partition coefficient (Wildman–Crippen LogP) is 2.34. The summed E-state index contributed by atoms with van der Waals surface area (Å²) in [5, 5.41) is 4.55. The van der Waals surface area contributed by atoms with Crippen LogP contribution in [0.5, 0.6) is 0 Å². The van der Waals surface area contributed by atoms with Crippen LogP contribution in [-0.4, -0.2) is 59.5 Å². The number of carbonyl (C=O) groups excluding carboxylic acids is 1. The molecule has 2 aromatic heterocycles. The van der Waals surface area contributed by atoms with Gasteiger partial charge in [0.25, 0.3) is 0 Å². The summed E-state index contributed by atoms with van der Waals surface area (Å²) in [6.45, 7) is 10.9. The van der Waals surface area contributed by atoms with Crippen LogP contribution >= 0.6 is 11.3 Å². The van der Waals surface area contributed by atoms with Gasteiger partial charge in [-0.25, -0.2) is 9.97 Å². The molecule has 26 heavy (non-hydrogen) atoms. The van der Waals surface area contributed by atoms with Crippen LogP contribution in [-0.2, 0) is 4.79 Å². The molecule has 4 rings (SSSR count). The molecule has 7 heteroatoms. The Morgan fingerprint density at radius 2 is 2.00 bits per heavy atom. The van der Waals surface area contributed by atoms with Gasteiger partial charge in [-0.05, 0) is 39.2 Å². The topological polar surface area (TPSA) is 61.4 Å². The number of rotatable bonds is 2. The van der Waals surface area contributed by atoms with Crippen molar-refractivity contribution in [2.45, 2.75) is 39.7 Å². The fourth-order valence-corrected chi connectivity index (χ4v) is 5.14. The normalized spacial score (nSPS) is 22.2. The van der Waals surface area contributed by atoms with Gasteiger partial charge in [-0.3, -0.25) is 4.79 Å². The van der Waals surface area contributed by atoms with Crippen molar-refractivity contribution in [2.24, 2.45) is 5.92 Å². The number of fused-ring (bicyclic) bond motifs is 1. The molecule has 2 aliphatic rings. The fraction of sp³-hybridized carbons (Fsp3) is 0.632. The van der Waals surface area contributed by atoms with Crippen molar-refractivity contribution in [1.29, 1.82) is 0 Å². The number of hydrogen-bond donors (Lipinski definition) is 1. The first-order valence-corrected chi connectivity index (χ1v) is 10.3. The van der Waals surface area contributed by atoms with E-state index >= 15 is 0 Å². The molecule has 0 spiro atoms. The first-order valence-electron chi connectivity index (χ1n) is 9.53. The molecular weight excluding hydrogens is 346 g/mol. The molecule has 0 aliphatic carbocycles. The highest BCUT2D eigenvalue weighted by Crippen LogP contribution is 2.35. The van der Waals surface area contributed by atoms with E-state index in [0.717, 1.165) is 56.2 Å². The number of hydrogen-bond acceptors (Lipinski definition) is 6. The molecule has 1 atom stereocenters. The van der Waals surface area contributed by atoms with Crippen molar-refractivity contribution < 1.29 is 4.79 Å². The average molecular weight is 374 g/mol. The smallest absolute Gasteiger partial charge is 0.226 e. The van der Waals surface area contributed by atoms with Crippen LogP contribution < -0.4 is 10.2 Å². The summed E-state index contributed by atoms with van der Waals surface area (Å²) < 4.78 is 0. The second-order valence-electron chi connectivity index (χ2n) is 7.51. The van der Waals surface area contributed by atoms with Gasteiger partial charge in [0.15, 0.2) is 0 Å². The van der Waals surface area contributed by atoms with Crippen LogP contribution in [0.4, 0.5) is 5.82 Å². The summed E-state index contributed by atoms with van der Waals surface area (Å²) in [6, 6.07) is 0.298. The maximum Gasteiger partial charge on any atom is 0.226 e. The molecule has 2 aromatic rings. The summed E-state index contributed by atoms with van der Waals surface area (Å²) >= 11 is 1.74. The third-order valence-corrected chi connectivity index (χ3v) is 6.99. The lowest BCUT2D eigenvalue weighted by molar-refractivity contribution is -0.139. The first-order chi connectivity index (χ1) is 12.6. The van der Waals surface area contributed by atoms with E-state index in [2.05, 4.69) is 45.9 Å². The molecule has 4 heterocycles. The Hall–Kier alpha value is -1.73. The number of anilines is 1. The standard InChI is InChI=1S/C19H27N5OS/c1-12-10-20-6-9-24(12)19(25)15-4-7-23(8-5-15)17-16-13(2)14(3)26-18(16)22-11-21-17/h11-12,15,20H,4-10H2,1-3H3/t12-/m1/s1. The predicted molar refractivity (Wildman–Crippen MR) is 106 cm³/mol. The average Bonchev–Trinajstić information content (AvgIpc) is 2.96. The Balaban J connectivity index is 1.48. The number of aryl methyl sites for hydroxylation is 2. The second kappa shape index (κ2) is 7.12. The quantitative estimate of drug-likeness (QED) is 0.876. The third kappa shape index (κ3) is 3.07. The van der Waals surface area contributed by atoms with Crippen LogP contribution in [0.1, 0.15) is 30.2 Å². The highest BCUT2D eigenvalue weighted by molar-refractivity contribution is 7.18. The monoisotopic (exact) mass is 373 g/mol. The molecular formula is C19H27N5OS. The minimum absolute atomic E-state index is 0.148. The van der Waals surface area contributed by atoms with Gasteiger partial charge >= 0.3 is 0 Å². The van der Waals surface area contributed by atoms with E-state index < -0.39 is 0 Å². The molecule has 1 N–H and O–H groups in total. The minimum atomic E-state index is 0.148. The Morgan fingerprint density at radius 3 is 2.73 bits per heavy atom. The summed E-state index contributed by atoms with van der Waals surface area (Å²) in [5.74, 6) is 1.53. The van der Waals surface area contributed by atoms with Gasteiger partial charge in [0.05, 0.1) is 5.39 Å². The molecule has 0 bridgehead atoms. The van der Waals surface area contributed by atoms with Gasteiger partial charge in [0.1, 0.15) is 17.0 Å². The molecule has 140 valence electrons. The third-order valence-electron chi connectivity index (χ3n) is 5.87. The summed E-state index contributed by atoms with van der Waals surface area (Å²) in [7, 11) is 0. The SMILES string of the molecule is Cc1sc2ncnc(N3CCC(C(=O)N4CCNC[C@H]4C)CC3)c2c1C. The Kier molecular flexibility index (Phi) is 4.84. The minimum Gasteiger partial charge on any atom is -0.356 e. The zero-order valence-corrected chi connectivity index (χ0v) is 16.6. The largest absolute Gasteiger partial charge is 0.356 e. The second-order valence-corrected chi connectivity index (χ2v) is 8.71. The zero-order valence-electron chi connectivity index (χ0n) is 15.8. The van der Waals surface area contributed by atoms with Crippen molar-refractivity contribution in [1.82, 2.24) is 20.2 Å². The molecule has 6 nitrogen and oxygen atoms in total. The van der Waals surface area contributed by atoms with Crippen molar-refractivity contribution >= 4 is 33.3 Å². The van der Waals surface area contributed by atoms with Crippen molar-refractivity contribution in [2.75, 3.05) is 37.6 Å². The molecule has 0 unspecified atom stereocenters. The molecule has 1 amide bonds. The summed E-state index contributed by atoms with van der Waals surface area (Å²) in [5.41, 5.74) is 1.29. The van der Waals surface area contributed by atoms with E-state index in [1.165, 1.54) is 15.8 Å². The lowest BCUT2D eigenvalue weighted by atomic mass is 9.94. The zero-order chi connectivity index (χ0) is 18.3.